The number of carbonyl (C=O) groups is 2. The van der Waals surface area contributed by atoms with E-state index in [4.69, 9.17) is 5.11 Å². The second-order valence-corrected chi connectivity index (χ2v) is 4.94. The Morgan fingerprint density at radius 1 is 1.37 bits per heavy atom. The Kier molecular flexibility index (Phi) is 6.58. The molecule has 0 atom stereocenters. The predicted octanol–water partition coefficient (Wildman–Crippen LogP) is -0.604. The summed E-state index contributed by atoms with van der Waals surface area (Å²) >= 11 is 0. The number of rotatable bonds is 6. The van der Waals surface area contributed by atoms with Gasteiger partial charge in [-0.15, -0.1) is 0 Å². The Morgan fingerprint density at radius 2 is 2.00 bits per heavy atom. The third-order valence-corrected chi connectivity index (χ3v) is 3.10. The van der Waals surface area contributed by atoms with Gasteiger partial charge in [-0.05, 0) is 13.8 Å². The van der Waals surface area contributed by atoms with Crippen molar-refractivity contribution in [3.05, 3.63) is 0 Å². The highest BCUT2D eigenvalue weighted by Crippen LogP contribution is 1.98. The van der Waals surface area contributed by atoms with Crippen molar-refractivity contribution in [2.75, 3.05) is 45.8 Å². The summed E-state index contributed by atoms with van der Waals surface area (Å²) in [6, 6.07) is -0.442. The zero-order valence-electron chi connectivity index (χ0n) is 11.7. The Bertz CT molecular complexity index is 303. The van der Waals surface area contributed by atoms with Crippen LogP contribution >= 0.6 is 0 Å². The SMILES string of the molecule is CC(C)N(CC(=O)O)C(=O)NCCN1CCNCC1. The van der Waals surface area contributed by atoms with Gasteiger partial charge in [0.2, 0.25) is 0 Å². The van der Waals surface area contributed by atoms with Crippen LogP contribution in [-0.2, 0) is 4.79 Å². The van der Waals surface area contributed by atoms with E-state index >= 15 is 0 Å². The molecule has 0 aromatic heterocycles. The highest BCUT2D eigenvalue weighted by molar-refractivity contribution is 5.80. The third kappa shape index (κ3) is 5.89. The van der Waals surface area contributed by atoms with E-state index in [-0.39, 0.29) is 18.6 Å². The summed E-state index contributed by atoms with van der Waals surface area (Å²) in [5, 5.41) is 14.8. The van der Waals surface area contributed by atoms with Crippen molar-refractivity contribution in [1.82, 2.24) is 20.4 Å². The van der Waals surface area contributed by atoms with Gasteiger partial charge in [0.25, 0.3) is 0 Å². The zero-order chi connectivity index (χ0) is 14.3. The lowest BCUT2D eigenvalue weighted by Crippen LogP contribution is -2.50. The Hall–Kier alpha value is -1.34. The number of carbonyl (C=O) groups excluding carboxylic acids is 1. The van der Waals surface area contributed by atoms with E-state index in [1.54, 1.807) is 13.8 Å². The zero-order valence-corrected chi connectivity index (χ0v) is 11.7. The lowest BCUT2D eigenvalue weighted by atomic mass is 10.3. The van der Waals surface area contributed by atoms with Crippen LogP contribution < -0.4 is 10.6 Å². The second-order valence-electron chi connectivity index (χ2n) is 4.94. The van der Waals surface area contributed by atoms with Gasteiger partial charge < -0.3 is 20.6 Å². The molecule has 0 aliphatic carbocycles. The molecule has 1 saturated heterocycles. The maximum Gasteiger partial charge on any atom is 0.323 e. The van der Waals surface area contributed by atoms with Crippen molar-refractivity contribution < 1.29 is 14.7 Å². The molecule has 0 saturated carbocycles. The van der Waals surface area contributed by atoms with Gasteiger partial charge in [-0.2, -0.15) is 0 Å². The Balaban J connectivity index is 2.29. The first-order valence-corrected chi connectivity index (χ1v) is 6.70. The fourth-order valence-corrected chi connectivity index (χ4v) is 1.99. The first kappa shape index (κ1) is 15.7. The van der Waals surface area contributed by atoms with E-state index in [1.165, 1.54) is 4.90 Å². The molecule has 0 unspecified atom stereocenters. The van der Waals surface area contributed by atoms with E-state index in [9.17, 15) is 9.59 Å². The number of urea groups is 1. The smallest absolute Gasteiger partial charge is 0.323 e. The van der Waals surface area contributed by atoms with Crippen LogP contribution in [0.25, 0.3) is 0 Å². The van der Waals surface area contributed by atoms with Crippen molar-refractivity contribution in [1.29, 1.82) is 0 Å². The number of aliphatic carboxylic acids is 1. The number of nitrogens with one attached hydrogen (secondary N) is 2. The number of amides is 2. The molecule has 19 heavy (non-hydrogen) atoms. The van der Waals surface area contributed by atoms with Crippen LogP contribution in [0.1, 0.15) is 13.8 Å². The molecule has 2 amide bonds. The second kappa shape index (κ2) is 7.96. The first-order chi connectivity index (χ1) is 9.00. The Labute approximate surface area is 113 Å². The van der Waals surface area contributed by atoms with Crippen molar-refractivity contribution in [3.63, 3.8) is 0 Å². The molecular formula is C12H24N4O3. The quantitative estimate of drug-likeness (QED) is 0.601. The van der Waals surface area contributed by atoms with Gasteiger partial charge in [-0.3, -0.25) is 9.69 Å². The van der Waals surface area contributed by atoms with Gasteiger partial charge in [-0.1, -0.05) is 0 Å². The van der Waals surface area contributed by atoms with E-state index in [0.29, 0.717) is 6.54 Å². The van der Waals surface area contributed by atoms with Crippen LogP contribution in [0.15, 0.2) is 0 Å². The van der Waals surface area contributed by atoms with Crippen LogP contribution in [0.5, 0.6) is 0 Å². The molecule has 3 N–H and O–H groups in total. The number of carboxylic acid groups (broad SMARTS) is 1. The van der Waals surface area contributed by atoms with Crippen LogP contribution in [-0.4, -0.2) is 78.8 Å². The molecule has 1 aliphatic heterocycles. The minimum Gasteiger partial charge on any atom is -0.480 e. The summed E-state index contributed by atoms with van der Waals surface area (Å²) in [6.07, 6.45) is 0. The highest BCUT2D eigenvalue weighted by Gasteiger charge is 2.19. The lowest BCUT2D eigenvalue weighted by Gasteiger charge is -2.28. The van der Waals surface area contributed by atoms with Crippen molar-refractivity contribution >= 4 is 12.0 Å². The molecule has 0 radical (unpaired) electrons. The first-order valence-electron chi connectivity index (χ1n) is 6.70. The molecule has 0 spiro atoms. The van der Waals surface area contributed by atoms with E-state index in [0.717, 1.165) is 32.7 Å². The molecule has 110 valence electrons. The largest absolute Gasteiger partial charge is 0.480 e. The molecule has 0 bridgehead atoms. The van der Waals surface area contributed by atoms with Gasteiger partial charge in [0, 0.05) is 45.3 Å². The minimum absolute atomic E-state index is 0.129. The number of carboxylic acids is 1. The highest BCUT2D eigenvalue weighted by atomic mass is 16.4. The van der Waals surface area contributed by atoms with Crippen LogP contribution in [0.2, 0.25) is 0 Å². The summed E-state index contributed by atoms with van der Waals surface area (Å²) in [5.41, 5.74) is 0. The summed E-state index contributed by atoms with van der Waals surface area (Å²) in [5.74, 6) is -0.994. The van der Waals surface area contributed by atoms with Crippen LogP contribution in [0.4, 0.5) is 4.79 Å². The van der Waals surface area contributed by atoms with Gasteiger partial charge in [0.1, 0.15) is 6.54 Å². The van der Waals surface area contributed by atoms with Gasteiger partial charge >= 0.3 is 12.0 Å². The standard InChI is InChI=1S/C12H24N4O3/c1-10(2)16(9-11(17)18)12(19)14-5-8-15-6-3-13-4-7-15/h10,13H,3-9H2,1-2H3,(H,14,19)(H,17,18). The monoisotopic (exact) mass is 272 g/mol. The van der Waals surface area contributed by atoms with Gasteiger partial charge in [0.05, 0.1) is 0 Å². The van der Waals surface area contributed by atoms with E-state index in [1.807, 2.05) is 0 Å². The fraction of sp³-hybridized carbons (Fsp3) is 0.833. The maximum atomic E-state index is 11.9. The normalized spacial score (nSPS) is 16.4. The number of hydrogen-bond acceptors (Lipinski definition) is 4. The number of nitrogens with zero attached hydrogens (tertiary/aromatic N) is 2. The summed E-state index contributed by atoms with van der Waals surface area (Å²) < 4.78 is 0. The third-order valence-electron chi connectivity index (χ3n) is 3.10. The summed E-state index contributed by atoms with van der Waals surface area (Å²) in [6.45, 7) is 8.61. The predicted molar refractivity (Wildman–Crippen MR) is 72.2 cm³/mol. The molecule has 1 aliphatic rings. The van der Waals surface area contributed by atoms with E-state index in [2.05, 4.69) is 15.5 Å². The minimum atomic E-state index is -0.994. The molecule has 0 aromatic rings. The van der Waals surface area contributed by atoms with Gasteiger partial charge in [-0.25, -0.2) is 4.79 Å². The van der Waals surface area contributed by atoms with Crippen molar-refractivity contribution in [3.8, 4) is 0 Å². The summed E-state index contributed by atoms with van der Waals surface area (Å²) in [4.78, 5) is 26.2. The van der Waals surface area contributed by atoms with Crippen LogP contribution in [0, 0.1) is 0 Å². The van der Waals surface area contributed by atoms with E-state index < -0.39 is 5.97 Å². The molecule has 1 fully saturated rings. The average molecular weight is 272 g/mol. The molecule has 1 rings (SSSR count). The Morgan fingerprint density at radius 3 is 2.53 bits per heavy atom. The maximum absolute atomic E-state index is 11.9. The molecule has 7 heteroatoms. The molecular weight excluding hydrogens is 248 g/mol. The fourth-order valence-electron chi connectivity index (χ4n) is 1.99. The number of piperazine rings is 1. The lowest BCUT2D eigenvalue weighted by molar-refractivity contribution is -0.138. The van der Waals surface area contributed by atoms with Gasteiger partial charge in [0.15, 0.2) is 0 Å². The van der Waals surface area contributed by atoms with Crippen molar-refractivity contribution in [2.24, 2.45) is 0 Å². The number of hydrogen-bond donors (Lipinski definition) is 3. The summed E-state index contributed by atoms with van der Waals surface area (Å²) in [7, 11) is 0. The topological polar surface area (TPSA) is 84.9 Å². The molecule has 1 heterocycles. The van der Waals surface area contributed by atoms with Crippen molar-refractivity contribution in [2.45, 2.75) is 19.9 Å². The molecule has 7 nitrogen and oxygen atoms in total. The average Bonchev–Trinajstić information content (AvgIpc) is 2.36. The molecule has 0 aromatic carbocycles. The van der Waals surface area contributed by atoms with Crippen LogP contribution in [0.3, 0.4) is 0 Å².